The van der Waals surface area contributed by atoms with Gasteiger partial charge in [-0.3, -0.25) is 0 Å². The van der Waals surface area contributed by atoms with Crippen molar-refractivity contribution in [2.75, 3.05) is 27.2 Å². The fourth-order valence-electron chi connectivity index (χ4n) is 5.13. The Bertz CT molecular complexity index is 383. The highest BCUT2D eigenvalue weighted by Crippen LogP contribution is 2.16. The molecule has 2 unspecified atom stereocenters. The Hall–Kier alpha value is 0.170. The van der Waals surface area contributed by atoms with E-state index in [2.05, 4.69) is 27.9 Å². The van der Waals surface area contributed by atoms with Gasteiger partial charge in [0.2, 0.25) is 0 Å². The molecule has 36 heavy (non-hydrogen) atoms. The van der Waals surface area contributed by atoms with Crippen molar-refractivity contribution < 1.29 is 27.1 Å². The van der Waals surface area contributed by atoms with Gasteiger partial charge in [-0.2, -0.15) is 0 Å². The third-order valence-electron chi connectivity index (χ3n) is 7.92. The third kappa shape index (κ3) is 28.7. The van der Waals surface area contributed by atoms with Gasteiger partial charge in [0.1, 0.15) is 0 Å². The van der Waals surface area contributed by atoms with Gasteiger partial charge in [0.15, 0.2) is 0 Å². The summed E-state index contributed by atoms with van der Waals surface area (Å²) in [6.45, 7) is 6.56. The normalized spacial score (nSPS) is 13.5. The number of halogens is 1. The molecule has 0 aliphatic heterocycles. The molecule has 2 atom stereocenters. The second-order valence-corrected chi connectivity index (χ2v) is 12.2. The zero-order valence-electron chi connectivity index (χ0n) is 25.3. The van der Waals surface area contributed by atoms with Crippen molar-refractivity contribution in [3.8, 4) is 0 Å². The van der Waals surface area contributed by atoms with Crippen LogP contribution in [0.1, 0.15) is 168 Å². The summed E-state index contributed by atoms with van der Waals surface area (Å²) in [7, 11) is 4.50. The van der Waals surface area contributed by atoms with Crippen molar-refractivity contribution in [3.63, 3.8) is 0 Å². The van der Waals surface area contributed by atoms with Crippen molar-refractivity contribution in [1.82, 2.24) is 0 Å². The van der Waals surface area contributed by atoms with E-state index in [-0.39, 0.29) is 24.6 Å². The number of hydrogen-bond acceptors (Lipinski definition) is 2. The van der Waals surface area contributed by atoms with E-state index < -0.39 is 0 Å². The summed E-state index contributed by atoms with van der Waals surface area (Å²) in [6.07, 6.45) is 30.4. The summed E-state index contributed by atoms with van der Waals surface area (Å²) in [5.74, 6) is 0. The standard InChI is InChI=1S/C32H68NO2.ClH/c1-5-7-9-11-13-15-17-19-21-23-25-31(34)27-29-33(3,4)30-28-32(35)26-24-22-20-18-16-14-12-10-8-6-2;/h31-32,34-35H,5-30H2,1-4H3;1H/q+1;/p-1. The van der Waals surface area contributed by atoms with E-state index in [1.54, 1.807) is 0 Å². The number of quaternary nitrogens is 1. The average Bonchev–Trinajstić information content (AvgIpc) is 2.84. The summed E-state index contributed by atoms with van der Waals surface area (Å²) >= 11 is 0. The minimum absolute atomic E-state index is 0. The van der Waals surface area contributed by atoms with Crippen molar-refractivity contribution in [1.29, 1.82) is 0 Å². The van der Waals surface area contributed by atoms with Crippen LogP contribution in [0.25, 0.3) is 0 Å². The Morgan fingerprint density at radius 3 is 0.944 bits per heavy atom. The minimum Gasteiger partial charge on any atom is -1.00 e. The lowest BCUT2D eigenvalue weighted by Crippen LogP contribution is -3.00. The maximum atomic E-state index is 10.4. The van der Waals surface area contributed by atoms with E-state index in [0.717, 1.165) is 43.3 Å². The lowest BCUT2D eigenvalue weighted by Gasteiger charge is -2.31. The van der Waals surface area contributed by atoms with Crippen LogP contribution in [0.15, 0.2) is 0 Å². The molecule has 2 N–H and O–H groups in total. The highest BCUT2D eigenvalue weighted by atomic mass is 35.5. The van der Waals surface area contributed by atoms with Crippen LogP contribution in [0.4, 0.5) is 0 Å². The smallest absolute Gasteiger partial charge is 0.0807 e. The fraction of sp³-hybridized carbons (Fsp3) is 1.00. The Balaban J connectivity index is 0. The zero-order valence-corrected chi connectivity index (χ0v) is 26.0. The van der Waals surface area contributed by atoms with Gasteiger partial charge in [0.05, 0.1) is 39.4 Å². The van der Waals surface area contributed by atoms with Gasteiger partial charge in [-0.25, -0.2) is 0 Å². The number of hydrogen-bond donors (Lipinski definition) is 2. The molecule has 0 aromatic carbocycles. The Morgan fingerprint density at radius 1 is 0.417 bits per heavy atom. The Kier molecular flexibility index (Phi) is 30.0. The highest BCUT2D eigenvalue weighted by molar-refractivity contribution is 4.59. The first-order valence-corrected chi connectivity index (χ1v) is 16.1. The monoisotopic (exact) mass is 533 g/mol. The average molecular weight is 534 g/mol. The number of unbranched alkanes of at least 4 members (excludes halogenated alkanes) is 18. The summed E-state index contributed by atoms with van der Waals surface area (Å²) in [5.41, 5.74) is 0. The van der Waals surface area contributed by atoms with Crippen molar-refractivity contribution in [2.45, 2.75) is 180 Å². The molecule has 0 amide bonds. The minimum atomic E-state index is -0.155. The van der Waals surface area contributed by atoms with Crippen LogP contribution in [0.3, 0.4) is 0 Å². The molecule has 220 valence electrons. The molecule has 0 saturated heterocycles. The predicted octanol–water partition coefficient (Wildman–Crippen LogP) is 6.19. The van der Waals surface area contributed by atoms with Gasteiger partial charge in [-0.15, -0.1) is 0 Å². The molecule has 0 aliphatic rings. The van der Waals surface area contributed by atoms with Gasteiger partial charge in [-0.1, -0.05) is 142 Å². The van der Waals surface area contributed by atoms with E-state index in [0.29, 0.717) is 0 Å². The van der Waals surface area contributed by atoms with E-state index in [1.807, 2.05) is 0 Å². The predicted molar refractivity (Wildman–Crippen MR) is 156 cm³/mol. The van der Waals surface area contributed by atoms with Crippen LogP contribution >= 0.6 is 0 Å². The maximum absolute atomic E-state index is 10.4. The summed E-state index contributed by atoms with van der Waals surface area (Å²) < 4.78 is 0.907. The molecule has 0 fully saturated rings. The lowest BCUT2D eigenvalue weighted by molar-refractivity contribution is -0.891. The van der Waals surface area contributed by atoms with E-state index >= 15 is 0 Å². The molecule has 0 aliphatic carbocycles. The molecule has 0 radical (unpaired) electrons. The molecule has 0 spiro atoms. The molecule has 0 saturated carbocycles. The molecule has 3 nitrogen and oxygen atoms in total. The second kappa shape index (κ2) is 28.2. The number of aliphatic hydroxyl groups is 2. The van der Waals surface area contributed by atoms with E-state index in [4.69, 9.17) is 0 Å². The van der Waals surface area contributed by atoms with Gasteiger partial charge in [0, 0.05) is 12.8 Å². The second-order valence-electron chi connectivity index (χ2n) is 12.2. The number of rotatable bonds is 28. The van der Waals surface area contributed by atoms with Gasteiger partial charge in [-0.05, 0) is 12.8 Å². The van der Waals surface area contributed by atoms with E-state index in [9.17, 15) is 10.2 Å². The van der Waals surface area contributed by atoms with Crippen LogP contribution in [0.2, 0.25) is 0 Å². The summed E-state index contributed by atoms with van der Waals surface area (Å²) in [4.78, 5) is 0. The Morgan fingerprint density at radius 2 is 0.667 bits per heavy atom. The van der Waals surface area contributed by atoms with Crippen LogP contribution < -0.4 is 12.4 Å². The SMILES string of the molecule is CCCCCCCCCCCCC(O)CC[N+](C)(C)CCC(O)CCCCCCCCCCCC.[Cl-]. The third-order valence-corrected chi connectivity index (χ3v) is 7.92. The largest absolute Gasteiger partial charge is 1.00 e. The Labute approximate surface area is 234 Å². The molecule has 0 bridgehead atoms. The summed E-state index contributed by atoms with van der Waals surface area (Å²) in [5, 5.41) is 20.8. The van der Waals surface area contributed by atoms with Gasteiger partial charge in [0.25, 0.3) is 0 Å². The molecule has 0 rings (SSSR count). The topological polar surface area (TPSA) is 40.5 Å². The van der Waals surface area contributed by atoms with Crippen LogP contribution in [-0.4, -0.2) is 54.1 Å². The number of aliphatic hydroxyl groups excluding tert-OH is 2. The van der Waals surface area contributed by atoms with E-state index in [1.165, 1.54) is 128 Å². The van der Waals surface area contributed by atoms with Crippen molar-refractivity contribution in [2.24, 2.45) is 0 Å². The zero-order chi connectivity index (χ0) is 26.0. The first-order valence-electron chi connectivity index (χ1n) is 16.1. The van der Waals surface area contributed by atoms with Gasteiger partial charge >= 0.3 is 0 Å². The molecule has 0 aromatic rings. The van der Waals surface area contributed by atoms with Crippen molar-refractivity contribution >= 4 is 0 Å². The van der Waals surface area contributed by atoms with Gasteiger partial charge < -0.3 is 27.1 Å². The van der Waals surface area contributed by atoms with Crippen LogP contribution in [-0.2, 0) is 0 Å². The molecule has 4 heteroatoms. The van der Waals surface area contributed by atoms with Crippen LogP contribution in [0, 0.1) is 0 Å². The molecular weight excluding hydrogens is 466 g/mol. The quantitative estimate of drug-likeness (QED) is 0.0929. The van der Waals surface area contributed by atoms with Crippen LogP contribution in [0.5, 0.6) is 0 Å². The molecule has 0 aromatic heterocycles. The first kappa shape index (κ1) is 38.3. The highest BCUT2D eigenvalue weighted by Gasteiger charge is 2.19. The van der Waals surface area contributed by atoms with Crippen molar-refractivity contribution in [3.05, 3.63) is 0 Å². The summed E-state index contributed by atoms with van der Waals surface area (Å²) in [6, 6.07) is 0. The molecular formula is C32H68ClNO2. The maximum Gasteiger partial charge on any atom is 0.0807 e. The lowest BCUT2D eigenvalue weighted by atomic mass is 10.0. The fourth-order valence-corrected chi connectivity index (χ4v) is 5.13. The number of nitrogens with zero attached hydrogens (tertiary/aromatic N) is 1. The first-order chi connectivity index (χ1) is 16.9. The molecule has 0 heterocycles.